The van der Waals surface area contributed by atoms with Crippen molar-refractivity contribution in [1.82, 2.24) is 0 Å². The fourth-order valence-corrected chi connectivity index (χ4v) is 5.07. The molecule has 5 rings (SSSR count). The maximum Gasteiger partial charge on any atom is 0.303 e. The summed E-state index contributed by atoms with van der Waals surface area (Å²) >= 11 is 0. The van der Waals surface area contributed by atoms with E-state index in [4.69, 9.17) is 5.11 Å². The van der Waals surface area contributed by atoms with Crippen molar-refractivity contribution >= 4 is 29.1 Å². The molecule has 1 fully saturated rings. The summed E-state index contributed by atoms with van der Waals surface area (Å²) in [6.45, 7) is 0.589. The summed E-state index contributed by atoms with van der Waals surface area (Å²) in [7, 11) is 0. The van der Waals surface area contributed by atoms with Crippen LogP contribution in [0.25, 0.3) is 0 Å². The molecule has 1 amide bonds. The Balaban J connectivity index is 1.20. The van der Waals surface area contributed by atoms with Crippen LogP contribution in [0.1, 0.15) is 43.6 Å². The minimum absolute atomic E-state index is 0.131. The average molecular weight is 476 g/mol. The topological polar surface area (TPSA) is 86.4 Å². The number of carbonyl (C=O) groups is 2. The summed E-state index contributed by atoms with van der Waals surface area (Å²) in [5.74, 6) is -0.102. The van der Waals surface area contributed by atoms with Crippen LogP contribution in [-0.2, 0) is 9.59 Å². The van der Waals surface area contributed by atoms with Crippen LogP contribution in [0.15, 0.2) is 77.7 Å². The van der Waals surface area contributed by atoms with Gasteiger partial charge in [0, 0.05) is 24.4 Å². The fraction of sp³-hybridized carbons (Fsp3) is 0.296. The predicted molar refractivity (Wildman–Crippen MR) is 131 cm³/mol. The molecule has 1 atom stereocenters. The van der Waals surface area contributed by atoms with Crippen molar-refractivity contribution in [3.63, 3.8) is 0 Å². The Morgan fingerprint density at radius 2 is 1.83 bits per heavy atom. The summed E-state index contributed by atoms with van der Waals surface area (Å²) in [4.78, 5) is 31.0. The van der Waals surface area contributed by atoms with Gasteiger partial charge in [0.25, 0.3) is 5.91 Å². The lowest BCUT2D eigenvalue weighted by atomic mass is 9.77. The molecule has 2 aliphatic heterocycles. The molecule has 2 aromatic carbocycles. The van der Waals surface area contributed by atoms with Gasteiger partial charge in [0.1, 0.15) is 12.0 Å². The van der Waals surface area contributed by atoms with E-state index in [9.17, 15) is 14.0 Å². The molecule has 0 saturated heterocycles. The van der Waals surface area contributed by atoms with Crippen LogP contribution in [0.5, 0.6) is 0 Å². The summed E-state index contributed by atoms with van der Waals surface area (Å²) in [6.07, 6.45) is 9.86. The molecule has 1 aliphatic carbocycles. The van der Waals surface area contributed by atoms with Crippen molar-refractivity contribution in [2.45, 2.75) is 38.0 Å². The second kappa shape index (κ2) is 9.84. The van der Waals surface area contributed by atoms with Gasteiger partial charge in [-0.1, -0.05) is 24.3 Å². The minimum Gasteiger partial charge on any atom is -0.481 e. The second-order valence-electron chi connectivity index (χ2n) is 9.34. The molecule has 0 bridgehead atoms. The lowest BCUT2D eigenvalue weighted by Gasteiger charge is -2.29. The highest BCUT2D eigenvalue weighted by Crippen LogP contribution is 2.37. The monoisotopic (exact) mass is 475 g/mol. The highest BCUT2D eigenvalue weighted by Gasteiger charge is 2.31. The van der Waals surface area contributed by atoms with E-state index in [-0.39, 0.29) is 17.8 Å². The minimum atomic E-state index is -0.701. The second-order valence-corrected chi connectivity index (χ2v) is 9.34. The number of aliphatic carboxylic acids is 1. The maximum absolute atomic E-state index is 13.9. The number of anilines is 2. The zero-order chi connectivity index (χ0) is 24.4. The molecule has 8 heteroatoms. The lowest BCUT2D eigenvalue weighted by molar-refractivity contribution is -0.742. The predicted octanol–water partition coefficient (Wildman–Crippen LogP) is 3.64. The first-order chi connectivity index (χ1) is 17.0. The van der Waals surface area contributed by atoms with Crippen molar-refractivity contribution in [3.8, 4) is 0 Å². The van der Waals surface area contributed by atoms with E-state index >= 15 is 0 Å². The number of halogens is 1. The first-order valence-corrected chi connectivity index (χ1v) is 12.0. The zero-order valence-electron chi connectivity index (χ0n) is 19.3. The molecule has 1 unspecified atom stereocenters. The number of amides is 1. The van der Waals surface area contributed by atoms with Crippen LogP contribution in [0.2, 0.25) is 0 Å². The van der Waals surface area contributed by atoms with Crippen LogP contribution in [-0.4, -0.2) is 29.5 Å². The molecule has 7 nitrogen and oxygen atoms in total. The van der Waals surface area contributed by atoms with Crippen LogP contribution >= 0.6 is 0 Å². The number of hydrogen-bond donors (Lipinski definition) is 3. The maximum atomic E-state index is 13.9. The molecule has 0 radical (unpaired) electrons. The number of carboxylic acid groups (broad SMARTS) is 1. The molecule has 0 aromatic heterocycles. The number of nitrogens with zero attached hydrogens (tertiary/aromatic N) is 2. The van der Waals surface area contributed by atoms with Gasteiger partial charge in [-0.3, -0.25) is 14.5 Å². The molecule has 35 heavy (non-hydrogen) atoms. The normalized spacial score (nSPS) is 23.3. The van der Waals surface area contributed by atoms with Gasteiger partial charge in [-0.05, 0) is 67.3 Å². The Bertz CT molecular complexity index is 1210. The largest absolute Gasteiger partial charge is 0.481 e. The van der Waals surface area contributed by atoms with Crippen LogP contribution < -0.4 is 15.1 Å². The zero-order valence-corrected chi connectivity index (χ0v) is 19.3. The number of aliphatic imine (C=N–C) groups is 1. The van der Waals surface area contributed by atoms with E-state index in [1.165, 1.54) is 17.7 Å². The van der Waals surface area contributed by atoms with E-state index in [0.29, 0.717) is 18.5 Å². The highest BCUT2D eigenvalue weighted by atomic mass is 19.1. The Hall–Kier alpha value is -3.78. The summed E-state index contributed by atoms with van der Waals surface area (Å²) < 4.78 is 13.9. The van der Waals surface area contributed by atoms with Crippen LogP contribution in [0.3, 0.4) is 0 Å². The van der Waals surface area contributed by atoms with Crippen LogP contribution in [0.4, 0.5) is 15.8 Å². The van der Waals surface area contributed by atoms with Gasteiger partial charge in [0.05, 0.1) is 5.69 Å². The van der Waals surface area contributed by atoms with Gasteiger partial charge in [0.15, 0.2) is 12.4 Å². The quantitative estimate of drug-likeness (QED) is 0.596. The number of quaternary nitrogens is 1. The smallest absolute Gasteiger partial charge is 0.303 e. The molecule has 0 spiro atoms. The first-order valence-electron chi connectivity index (χ1n) is 12.0. The number of amidine groups is 1. The fourth-order valence-electron chi connectivity index (χ4n) is 5.07. The Kier molecular flexibility index (Phi) is 6.46. The number of para-hydroxylation sites is 1. The molecular weight excluding hydrogens is 447 g/mol. The molecule has 3 N–H and O–H groups in total. The Morgan fingerprint density at radius 3 is 2.54 bits per heavy atom. The molecule has 1 saturated carbocycles. The summed E-state index contributed by atoms with van der Waals surface area (Å²) in [6, 6.07) is 14.6. The third kappa shape index (κ3) is 5.17. The number of rotatable bonds is 6. The van der Waals surface area contributed by atoms with E-state index in [2.05, 4.69) is 39.5 Å². The lowest BCUT2D eigenvalue weighted by Crippen LogP contribution is -3.11. The van der Waals surface area contributed by atoms with Crippen molar-refractivity contribution in [3.05, 3.63) is 84.1 Å². The van der Waals surface area contributed by atoms with E-state index < -0.39 is 17.7 Å². The molecule has 3 aliphatic rings. The van der Waals surface area contributed by atoms with E-state index in [1.54, 1.807) is 18.3 Å². The van der Waals surface area contributed by atoms with Crippen molar-refractivity contribution in [2.75, 3.05) is 16.9 Å². The number of hydrogen-bond acceptors (Lipinski definition) is 4. The van der Waals surface area contributed by atoms with Crippen molar-refractivity contribution < 1.29 is 24.0 Å². The van der Waals surface area contributed by atoms with Crippen LogP contribution in [0, 0.1) is 11.7 Å². The van der Waals surface area contributed by atoms with Gasteiger partial charge < -0.3 is 10.4 Å². The van der Waals surface area contributed by atoms with Crippen molar-refractivity contribution in [1.29, 1.82) is 0 Å². The highest BCUT2D eigenvalue weighted by molar-refractivity contribution is 6.06. The number of carbonyl (C=O) groups excluding carboxylic acids is 1. The summed E-state index contributed by atoms with van der Waals surface area (Å²) in [5.41, 5.74) is 2.74. The first kappa shape index (κ1) is 23.0. The summed E-state index contributed by atoms with van der Waals surface area (Å²) in [5, 5.41) is 11.6. The number of fused-ring (bicyclic) bond motifs is 1. The van der Waals surface area contributed by atoms with Gasteiger partial charge in [-0.15, -0.1) is 0 Å². The molecule has 2 heterocycles. The van der Waals surface area contributed by atoms with Gasteiger partial charge in [-0.25, -0.2) is 9.29 Å². The van der Waals surface area contributed by atoms with Crippen molar-refractivity contribution in [2.24, 2.45) is 10.9 Å². The average Bonchev–Trinajstić information content (AvgIpc) is 3.29. The third-order valence-electron chi connectivity index (χ3n) is 6.99. The third-order valence-corrected chi connectivity index (χ3v) is 6.99. The van der Waals surface area contributed by atoms with E-state index in [0.717, 1.165) is 42.1 Å². The number of nitrogens with one attached hydrogen (secondary N) is 2. The van der Waals surface area contributed by atoms with Gasteiger partial charge in [-0.2, -0.15) is 4.99 Å². The number of benzene rings is 2. The van der Waals surface area contributed by atoms with Gasteiger partial charge >= 0.3 is 5.97 Å². The SMILES string of the molecule is O=C(O)CC1CCC(c2ccc(N3C=CC4=NC(C(=O)Nc5ccccc5F)=C[NH+]4C3)cc2)CC1. The standard InChI is InChI=1S/C27H27FN4O3/c28-22-3-1-2-4-23(22)30-27(35)24-16-32-17-31(14-13-25(32)29-24)21-11-9-20(10-12-21)19-7-5-18(6-8-19)15-26(33)34/h1-4,9-14,16,18-19H,5-8,15,17H2,(H,30,35)(H,33,34)/p+1. The molecule has 2 aromatic rings. The molecule has 180 valence electrons. The van der Waals surface area contributed by atoms with Gasteiger partial charge in [0.2, 0.25) is 5.84 Å². The molecular formula is C27H28FN4O3+. The Morgan fingerprint density at radius 1 is 1.09 bits per heavy atom. The number of carboxylic acids is 1. The van der Waals surface area contributed by atoms with E-state index in [1.807, 2.05) is 12.3 Å². The Labute approximate surface area is 203 Å².